The Morgan fingerprint density at radius 1 is 0.271 bits per heavy atom. The Morgan fingerprint density at radius 3 is 1.47 bits per heavy atom. The molecular formula is C56H33NO2. The molecule has 0 aliphatic heterocycles. The van der Waals surface area contributed by atoms with Crippen molar-refractivity contribution in [2.75, 3.05) is 0 Å². The Morgan fingerprint density at radius 2 is 0.763 bits per heavy atom. The zero-order valence-electron chi connectivity index (χ0n) is 31.8. The van der Waals surface area contributed by atoms with E-state index in [9.17, 15) is 0 Å². The minimum Gasteiger partial charge on any atom is -0.452 e. The molecule has 274 valence electrons. The molecular weight excluding hydrogens is 719 g/mol. The number of para-hydroxylation sites is 3. The SMILES string of the molecule is c1ccc(-n2c3ccccc3c3cc(-c4cccc(-c5c6ccccc6c(-c6ccc7oc8c(ccc9c%10ccccc%10oc98)c7c6)c6ccccc56)c4)ccc32)cc1. The molecule has 10 aromatic carbocycles. The van der Waals surface area contributed by atoms with Gasteiger partial charge in [0.15, 0.2) is 11.2 Å². The maximum Gasteiger partial charge on any atom is 0.178 e. The van der Waals surface area contributed by atoms with E-state index in [1.54, 1.807) is 0 Å². The van der Waals surface area contributed by atoms with E-state index in [-0.39, 0.29) is 0 Å². The summed E-state index contributed by atoms with van der Waals surface area (Å²) in [6.45, 7) is 0. The van der Waals surface area contributed by atoms with Crippen molar-refractivity contribution in [2.24, 2.45) is 0 Å². The quantitative estimate of drug-likeness (QED) is 0.168. The molecule has 3 heteroatoms. The maximum atomic E-state index is 6.56. The van der Waals surface area contributed by atoms with Gasteiger partial charge in [0.2, 0.25) is 0 Å². The zero-order chi connectivity index (χ0) is 38.6. The van der Waals surface area contributed by atoms with Crippen LogP contribution >= 0.6 is 0 Å². The van der Waals surface area contributed by atoms with E-state index in [2.05, 4.69) is 193 Å². The van der Waals surface area contributed by atoms with Gasteiger partial charge in [-0.25, -0.2) is 0 Å². The topological polar surface area (TPSA) is 31.2 Å². The number of hydrogen-bond acceptors (Lipinski definition) is 2. The van der Waals surface area contributed by atoms with E-state index < -0.39 is 0 Å². The van der Waals surface area contributed by atoms with Crippen LogP contribution in [0.4, 0.5) is 0 Å². The first kappa shape index (κ1) is 32.2. The first-order valence-electron chi connectivity index (χ1n) is 20.2. The van der Waals surface area contributed by atoms with Crippen LogP contribution < -0.4 is 0 Å². The largest absolute Gasteiger partial charge is 0.452 e. The Kier molecular flexibility index (Phi) is 6.72. The summed E-state index contributed by atoms with van der Waals surface area (Å²) < 4.78 is 15.3. The molecule has 3 nitrogen and oxygen atoms in total. The zero-order valence-corrected chi connectivity index (χ0v) is 31.8. The summed E-state index contributed by atoms with van der Waals surface area (Å²) in [6, 6.07) is 72.3. The van der Waals surface area contributed by atoms with Crippen LogP contribution in [0, 0.1) is 0 Å². The van der Waals surface area contributed by atoms with Gasteiger partial charge in [-0.2, -0.15) is 0 Å². The highest BCUT2D eigenvalue weighted by Gasteiger charge is 2.20. The number of aromatic nitrogens is 1. The molecule has 0 atom stereocenters. The highest BCUT2D eigenvalue weighted by atomic mass is 16.4. The summed E-state index contributed by atoms with van der Waals surface area (Å²) >= 11 is 0. The van der Waals surface area contributed by atoms with Gasteiger partial charge in [0.25, 0.3) is 0 Å². The van der Waals surface area contributed by atoms with E-state index >= 15 is 0 Å². The standard InChI is InChI=1S/C56H33NO2/c1-2-15-38(16-3-1)57-49-23-10-8-17-39(49)47-32-35(25-29-50(47)57)34-13-12-14-36(31-34)53-41-19-4-6-21-43(41)54(44-22-7-5-20-42(44)53)37-26-30-52-48(33-37)46-28-27-45-40-18-9-11-24-51(40)58-55(45)56(46)59-52/h1-33H. The minimum atomic E-state index is 0.789. The van der Waals surface area contributed by atoms with Crippen LogP contribution in [0.15, 0.2) is 209 Å². The Balaban J connectivity index is 0.988. The second-order valence-electron chi connectivity index (χ2n) is 15.6. The Labute approximate surface area is 338 Å². The fourth-order valence-corrected chi connectivity index (χ4v) is 9.78. The summed E-state index contributed by atoms with van der Waals surface area (Å²) in [5.74, 6) is 0. The summed E-state index contributed by atoms with van der Waals surface area (Å²) in [7, 11) is 0. The van der Waals surface area contributed by atoms with Crippen LogP contribution in [0.3, 0.4) is 0 Å². The molecule has 0 fully saturated rings. The first-order valence-corrected chi connectivity index (χ1v) is 20.2. The van der Waals surface area contributed by atoms with Gasteiger partial charge in [-0.15, -0.1) is 0 Å². The predicted octanol–water partition coefficient (Wildman–Crippen LogP) is 15.9. The van der Waals surface area contributed by atoms with Crippen LogP contribution in [-0.4, -0.2) is 4.57 Å². The second kappa shape index (κ2) is 12.3. The lowest BCUT2D eigenvalue weighted by atomic mass is 9.85. The second-order valence-corrected chi connectivity index (χ2v) is 15.6. The van der Waals surface area contributed by atoms with Crippen LogP contribution in [0.2, 0.25) is 0 Å². The van der Waals surface area contributed by atoms with E-state index in [1.807, 2.05) is 12.1 Å². The van der Waals surface area contributed by atoms with E-state index in [1.165, 1.54) is 71.2 Å². The van der Waals surface area contributed by atoms with E-state index in [0.717, 1.165) is 55.1 Å². The van der Waals surface area contributed by atoms with Crippen molar-refractivity contribution in [3.05, 3.63) is 200 Å². The molecule has 13 aromatic rings. The number of fused-ring (bicyclic) bond motifs is 12. The first-order chi connectivity index (χ1) is 29.3. The molecule has 13 rings (SSSR count). The fourth-order valence-electron chi connectivity index (χ4n) is 9.78. The average Bonchev–Trinajstić information content (AvgIpc) is 3.98. The highest BCUT2D eigenvalue weighted by Crippen LogP contribution is 2.46. The monoisotopic (exact) mass is 751 g/mol. The average molecular weight is 752 g/mol. The third-order valence-corrected chi connectivity index (χ3v) is 12.4. The van der Waals surface area contributed by atoms with Crippen LogP contribution in [0.1, 0.15) is 0 Å². The number of benzene rings is 10. The Hall–Kier alpha value is -7.88. The smallest absolute Gasteiger partial charge is 0.178 e. The normalized spacial score (nSPS) is 12.1. The lowest BCUT2D eigenvalue weighted by Crippen LogP contribution is -1.93. The number of furan rings is 2. The van der Waals surface area contributed by atoms with Crippen molar-refractivity contribution in [3.8, 4) is 39.1 Å². The van der Waals surface area contributed by atoms with Crippen LogP contribution in [-0.2, 0) is 0 Å². The molecule has 0 N–H and O–H groups in total. The molecule has 0 unspecified atom stereocenters. The van der Waals surface area contributed by atoms with Gasteiger partial charge in [0.05, 0.1) is 11.0 Å². The molecule has 0 amide bonds. The van der Waals surface area contributed by atoms with Crippen molar-refractivity contribution in [3.63, 3.8) is 0 Å². The molecule has 0 saturated carbocycles. The van der Waals surface area contributed by atoms with E-state index in [4.69, 9.17) is 8.83 Å². The summed E-state index contributed by atoms with van der Waals surface area (Å²) in [6.07, 6.45) is 0. The van der Waals surface area contributed by atoms with Gasteiger partial charge >= 0.3 is 0 Å². The van der Waals surface area contributed by atoms with Crippen molar-refractivity contribution in [1.29, 1.82) is 0 Å². The molecule has 0 aliphatic carbocycles. The third-order valence-electron chi connectivity index (χ3n) is 12.4. The van der Waals surface area contributed by atoms with Crippen molar-refractivity contribution < 1.29 is 8.83 Å². The third kappa shape index (κ3) is 4.70. The lowest BCUT2D eigenvalue weighted by molar-refractivity contribution is 0.633. The predicted molar refractivity (Wildman–Crippen MR) is 247 cm³/mol. The van der Waals surface area contributed by atoms with Gasteiger partial charge in [-0.05, 0) is 122 Å². The van der Waals surface area contributed by atoms with Crippen molar-refractivity contribution >= 4 is 87.2 Å². The van der Waals surface area contributed by atoms with Crippen LogP contribution in [0.5, 0.6) is 0 Å². The van der Waals surface area contributed by atoms with E-state index in [0.29, 0.717) is 0 Å². The fraction of sp³-hybridized carbons (Fsp3) is 0. The molecule has 0 spiro atoms. The molecule has 59 heavy (non-hydrogen) atoms. The highest BCUT2D eigenvalue weighted by molar-refractivity contribution is 6.23. The number of hydrogen-bond donors (Lipinski definition) is 0. The number of nitrogens with zero attached hydrogens (tertiary/aromatic N) is 1. The van der Waals surface area contributed by atoms with Gasteiger partial charge < -0.3 is 13.4 Å². The van der Waals surface area contributed by atoms with Gasteiger partial charge in [-0.3, -0.25) is 0 Å². The number of rotatable bonds is 4. The lowest BCUT2D eigenvalue weighted by Gasteiger charge is -2.18. The minimum absolute atomic E-state index is 0.789. The summed E-state index contributed by atoms with van der Waals surface area (Å²) in [4.78, 5) is 0. The molecule has 3 aromatic heterocycles. The molecule has 3 heterocycles. The summed E-state index contributed by atoms with van der Waals surface area (Å²) in [5, 5.41) is 11.7. The van der Waals surface area contributed by atoms with Crippen LogP contribution in [0.25, 0.3) is 126 Å². The molecule has 0 radical (unpaired) electrons. The van der Waals surface area contributed by atoms with Crippen molar-refractivity contribution in [1.82, 2.24) is 4.57 Å². The van der Waals surface area contributed by atoms with Gasteiger partial charge in [-0.1, -0.05) is 133 Å². The van der Waals surface area contributed by atoms with Gasteiger partial charge in [0, 0.05) is 38.0 Å². The molecule has 0 bridgehead atoms. The maximum absolute atomic E-state index is 6.56. The molecule has 0 saturated heterocycles. The molecule has 0 aliphatic rings. The Bertz CT molecular complexity index is 3790. The van der Waals surface area contributed by atoms with Crippen molar-refractivity contribution in [2.45, 2.75) is 0 Å². The van der Waals surface area contributed by atoms with Gasteiger partial charge in [0.1, 0.15) is 11.2 Å². The summed E-state index contributed by atoms with van der Waals surface area (Å²) in [5.41, 5.74) is 14.1.